The topological polar surface area (TPSA) is 72.9 Å². The van der Waals surface area contributed by atoms with Crippen molar-refractivity contribution in [3.8, 4) is 0 Å². The molecule has 0 saturated carbocycles. The minimum Gasteiger partial charge on any atom is -0.480 e. The van der Waals surface area contributed by atoms with Crippen LogP contribution in [0.3, 0.4) is 0 Å². The number of aliphatic carboxylic acids is 1. The Kier molecular flexibility index (Phi) is 6.17. The van der Waals surface area contributed by atoms with E-state index in [0.29, 0.717) is 18.8 Å². The number of carbonyl (C=O) groups is 2. The van der Waals surface area contributed by atoms with Gasteiger partial charge in [-0.3, -0.25) is 0 Å². The molecule has 6 nitrogen and oxygen atoms in total. The summed E-state index contributed by atoms with van der Waals surface area (Å²) in [7, 11) is 0. The van der Waals surface area contributed by atoms with Crippen molar-refractivity contribution in [1.29, 1.82) is 0 Å². The third-order valence-corrected chi connectivity index (χ3v) is 5.14. The molecule has 2 saturated heterocycles. The van der Waals surface area contributed by atoms with Gasteiger partial charge in [-0.1, -0.05) is 6.92 Å². The van der Waals surface area contributed by atoms with Gasteiger partial charge in [0, 0.05) is 30.6 Å². The molecule has 2 heterocycles. The summed E-state index contributed by atoms with van der Waals surface area (Å²) in [6, 6.07) is -0.531. The molecule has 21 heavy (non-hydrogen) atoms. The number of thioether (sulfide) groups is 1. The first-order valence-corrected chi connectivity index (χ1v) is 8.89. The average Bonchev–Trinajstić information content (AvgIpc) is 2.52. The molecule has 0 aromatic carbocycles. The second kappa shape index (κ2) is 7.89. The second-order valence-electron chi connectivity index (χ2n) is 5.58. The van der Waals surface area contributed by atoms with Gasteiger partial charge in [-0.05, 0) is 32.4 Å². The van der Waals surface area contributed by atoms with Crippen LogP contribution in [0.1, 0.15) is 26.2 Å². The van der Waals surface area contributed by atoms with Crippen molar-refractivity contribution in [1.82, 2.24) is 15.1 Å². The van der Waals surface area contributed by atoms with Crippen LogP contribution in [0, 0.1) is 0 Å². The van der Waals surface area contributed by atoms with Crippen LogP contribution in [-0.4, -0.2) is 76.7 Å². The first kappa shape index (κ1) is 16.4. The summed E-state index contributed by atoms with van der Waals surface area (Å²) in [5.74, 6) is 0.423. The van der Waals surface area contributed by atoms with Crippen LogP contribution in [0.2, 0.25) is 0 Å². The maximum Gasteiger partial charge on any atom is 0.327 e. The van der Waals surface area contributed by atoms with Gasteiger partial charge in [0.05, 0.1) is 0 Å². The number of nitrogens with one attached hydrogen (secondary N) is 1. The maximum atomic E-state index is 12.9. The van der Waals surface area contributed by atoms with Crippen molar-refractivity contribution < 1.29 is 14.7 Å². The lowest BCUT2D eigenvalue weighted by Crippen LogP contribution is -2.58. The zero-order chi connectivity index (χ0) is 15.2. The number of hydrogen-bond donors (Lipinski definition) is 2. The van der Waals surface area contributed by atoms with E-state index in [1.54, 1.807) is 16.7 Å². The third kappa shape index (κ3) is 4.03. The Hall–Kier alpha value is -0.950. The Balaban J connectivity index is 2.09. The normalized spacial score (nSPS) is 23.9. The van der Waals surface area contributed by atoms with Crippen molar-refractivity contribution in [2.24, 2.45) is 0 Å². The molecule has 2 fully saturated rings. The zero-order valence-corrected chi connectivity index (χ0v) is 13.4. The van der Waals surface area contributed by atoms with E-state index in [1.807, 2.05) is 4.90 Å². The molecule has 0 aliphatic carbocycles. The van der Waals surface area contributed by atoms with Crippen LogP contribution in [0.25, 0.3) is 0 Å². The largest absolute Gasteiger partial charge is 0.480 e. The van der Waals surface area contributed by atoms with Gasteiger partial charge in [0.2, 0.25) is 0 Å². The van der Waals surface area contributed by atoms with Crippen LogP contribution in [0.4, 0.5) is 4.79 Å². The van der Waals surface area contributed by atoms with Gasteiger partial charge in [0.25, 0.3) is 0 Å². The highest BCUT2D eigenvalue weighted by molar-refractivity contribution is 7.99. The fourth-order valence-electron chi connectivity index (χ4n) is 3.00. The Morgan fingerprint density at radius 3 is 2.71 bits per heavy atom. The maximum absolute atomic E-state index is 12.9. The lowest BCUT2D eigenvalue weighted by molar-refractivity contribution is -0.141. The fourth-order valence-corrected chi connectivity index (χ4v) is 4.03. The number of rotatable bonds is 4. The van der Waals surface area contributed by atoms with Crippen molar-refractivity contribution in [3.63, 3.8) is 0 Å². The predicted octanol–water partition coefficient (Wildman–Crippen LogP) is 1.07. The standard InChI is InChI=1S/C14H25N3O3S/c1-2-7-16(11-3-5-15-6-4-11)14(20)17-8-9-21-10-12(17)13(18)19/h11-12,15H,2-10H2,1H3,(H,18,19). The Bertz CT molecular complexity index is 374. The van der Waals surface area contributed by atoms with Crippen LogP contribution >= 0.6 is 11.8 Å². The first-order chi connectivity index (χ1) is 10.1. The van der Waals surface area contributed by atoms with Gasteiger partial charge in [-0.2, -0.15) is 11.8 Å². The predicted molar refractivity (Wildman–Crippen MR) is 83.7 cm³/mol. The SMILES string of the molecule is CCCN(C(=O)N1CCSCC1C(=O)O)C1CCNCC1. The minimum atomic E-state index is -0.891. The minimum absolute atomic E-state index is 0.0866. The molecule has 0 bridgehead atoms. The second-order valence-corrected chi connectivity index (χ2v) is 6.73. The molecule has 1 unspecified atom stereocenters. The third-order valence-electron chi connectivity index (χ3n) is 4.12. The van der Waals surface area contributed by atoms with E-state index in [-0.39, 0.29) is 12.1 Å². The first-order valence-electron chi connectivity index (χ1n) is 7.73. The number of hydrogen-bond acceptors (Lipinski definition) is 4. The molecule has 0 aromatic heterocycles. The summed E-state index contributed by atoms with van der Waals surface area (Å²) >= 11 is 1.61. The number of amides is 2. The summed E-state index contributed by atoms with van der Waals surface area (Å²) in [6.45, 7) is 5.15. The fraction of sp³-hybridized carbons (Fsp3) is 0.857. The van der Waals surface area contributed by atoms with Gasteiger partial charge in [0.15, 0.2) is 0 Å². The average molecular weight is 315 g/mol. The molecule has 2 N–H and O–H groups in total. The van der Waals surface area contributed by atoms with Crippen LogP contribution in [0.5, 0.6) is 0 Å². The summed E-state index contributed by atoms with van der Waals surface area (Å²) in [4.78, 5) is 27.7. The monoisotopic (exact) mass is 315 g/mol. The number of carboxylic acids is 1. The van der Waals surface area contributed by atoms with E-state index in [0.717, 1.165) is 38.1 Å². The summed E-state index contributed by atoms with van der Waals surface area (Å²) in [6.07, 6.45) is 2.80. The van der Waals surface area contributed by atoms with E-state index >= 15 is 0 Å². The molecule has 7 heteroatoms. The number of carbonyl (C=O) groups excluding carboxylic acids is 1. The molecule has 2 aliphatic rings. The van der Waals surface area contributed by atoms with Gasteiger partial charge in [-0.15, -0.1) is 0 Å². The number of urea groups is 1. The Morgan fingerprint density at radius 2 is 2.10 bits per heavy atom. The number of piperidine rings is 1. The molecule has 0 spiro atoms. The van der Waals surface area contributed by atoms with Crippen LogP contribution in [-0.2, 0) is 4.79 Å². The highest BCUT2D eigenvalue weighted by Crippen LogP contribution is 2.21. The summed E-state index contributed by atoms with van der Waals surface area (Å²) in [5, 5.41) is 12.7. The molecule has 1 atom stereocenters. The summed E-state index contributed by atoms with van der Waals surface area (Å²) in [5.41, 5.74) is 0. The van der Waals surface area contributed by atoms with Gasteiger partial charge < -0.3 is 20.2 Å². The lowest BCUT2D eigenvalue weighted by Gasteiger charge is -2.41. The smallest absolute Gasteiger partial charge is 0.327 e. The zero-order valence-electron chi connectivity index (χ0n) is 12.6. The molecule has 0 radical (unpaired) electrons. The highest BCUT2D eigenvalue weighted by Gasteiger charge is 2.36. The Morgan fingerprint density at radius 1 is 1.38 bits per heavy atom. The van der Waals surface area contributed by atoms with Gasteiger partial charge >= 0.3 is 12.0 Å². The molecule has 2 rings (SSSR count). The quantitative estimate of drug-likeness (QED) is 0.812. The van der Waals surface area contributed by atoms with Crippen molar-refractivity contribution in [2.45, 2.75) is 38.3 Å². The van der Waals surface area contributed by atoms with E-state index in [1.165, 1.54) is 0 Å². The highest BCUT2D eigenvalue weighted by atomic mass is 32.2. The van der Waals surface area contributed by atoms with Gasteiger partial charge in [0.1, 0.15) is 6.04 Å². The van der Waals surface area contributed by atoms with E-state index < -0.39 is 12.0 Å². The molecular formula is C14H25N3O3S. The molecule has 0 aromatic rings. The van der Waals surface area contributed by atoms with Crippen LogP contribution < -0.4 is 5.32 Å². The van der Waals surface area contributed by atoms with Crippen LogP contribution in [0.15, 0.2) is 0 Å². The van der Waals surface area contributed by atoms with E-state index in [2.05, 4.69) is 12.2 Å². The molecule has 120 valence electrons. The van der Waals surface area contributed by atoms with Crippen molar-refractivity contribution >= 4 is 23.8 Å². The van der Waals surface area contributed by atoms with Crippen molar-refractivity contribution in [2.75, 3.05) is 37.7 Å². The summed E-state index contributed by atoms with van der Waals surface area (Å²) < 4.78 is 0. The van der Waals surface area contributed by atoms with E-state index in [9.17, 15) is 14.7 Å². The molecule has 2 amide bonds. The van der Waals surface area contributed by atoms with Gasteiger partial charge in [-0.25, -0.2) is 9.59 Å². The molecular weight excluding hydrogens is 290 g/mol. The number of nitrogens with zero attached hydrogens (tertiary/aromatic N) is 2. The lowest BCUT2D eigenvalue weighted by atomic mass is 10.0. The molecule has 2 aliphatic heterocycles. The Labute approximate surface area is 130 Å². The van der Waals surface area contributed by atoms with Crippen molar-refractivity contribution in [3.05, 3.63) is 0 Å². The number of carboxylic acid groups (broad SMARTS) is 1. The van der Waals surface area contributed by atoms with E-state index in [4.69, 9.17) is 0 Å².